The molecule has 1 N–H and O–H groups in total. The fraction of sp³-hybridized carbons (Fsp3) is 0.286. The van der Waals surface area contributed by atoms with Crippen molar-refractivity contribution in [3.63, 3.8) is 0 Å². The molecule has 4 nitrogen and oxygen atoms in total. The molecular weight excluding hydrogens is 314 g/mol. The van der Waals surface area contributed by atoms with Crippen LogP contribution in [0.5, 0.6) is 11.5 Å². The second-order valence-electron chi connectivity index (χ2n) is 6.91. The van der Waals surface area contributed by atoms with Gasteiger partial charge < -0.3 is 14.7 Å². The molecule has 0 unspecified atom stereocenters. The van der Waals surface area contributed by atoms with Crippen LogP contribution in [0, 0.1) is 6.92 Å². The highest BCUT2D eigenvalue weighted by Gasteiger charge is 2.31. The predicted octanol–water partition coefficient (Wildman–Crippen LogP) is 1.86. The number of ether oxygens (including phenoxy) is 1. The van der Waals surface area contributed by atoms with Gasteiger partial charge in [0.25, 0.3) is 0 Å². The van der Waals surface area contributed by atoms with E-state index in [0.717, 1.165) is 24.2 Å². The number of carbonyl (C=O) groups is 1. The Balaban J connectivity index is 1.68. The Hall–Kier alpha value is -2.59. The van der Waals surface area contributed by atoms with Crippen LogP contribution >= 0.6 is 0 Å². The lowest BCUT2D eigenvalue weighted by Gasteiger charge is -2.19. The first-order valence-electron chi connectivity index (χ1n) is 8.79. The third-order valence-corrected chi connectivity index (χ3v) is 4.98. The zero-order chi connectivity index (χ0) is 17.4. The van der Waals surface area contributed by atoms with Crippen molar-refractivity contribution in [2.24, 2.45) is 0 Å². The van der Waals surface area contributed by atoms with E-state index in [0.29, 0.717) is 29.2 Å². The Kier molecular flexibility index (Phi) is 4.06. The SMILES string of the molecule is Cc1cccc(/C=C2\Oc3c(ccc([O-])c3C[NH+]3CCCC3)C2=O)c1. The number of hydrogen-bond donors (Lipinski definition) is 1. The second-order valence-corrected chi connectivity index (χ2v) is 6.91. The number of allylic oxidation sites excluding steroid dienone is 1. The van der Waals surface area contributed by atoms with E-state index in [2.05, 4.69) is 0 Å². The van der Waals surface area contributed by atoms with Crippen molar-refractivity contribution in [3.05, 3.63) is 64.4 Å². The fourth-order valence-corrected chi connectivity index (χ4v) is 3.67. The molecule has 0 atom stereocenters. The molecule has 0 radical (unpaired) electrons. The van der Waals surface area contributed by atoms with Crippen molar-refractivity contribution in [1.82, 2.24) is 0 Å². The Labute approximate surface area is 147 Å². The number of rotatable bonds is 3. The molecule has 1 saturated heterocycles. The maximum absolute atomic E-state index is 12.7. The van der Waals surface area contributed by atoms with E-state index in [1.54, 1.807) is 12.1 Å². The zero-order valence-corrected chi connectivity index (χ0v) is 14.3. The Morgan fingerprint density at radius 3 is 2.76 bits per heavy atom. The van der Waals surface area contributed by atoms with E-state index in [1.165, 1.54) is 23.8 Å². The molecule has 4 rings (SSSR count). The van der Waals surface area contributed by atoms with E-state index < -0.39 is 0 Å². The molecule has 2 aliphatic rings. The molecule has 2 aromatic carbocycles. The molecule has 0 saturated carbocycles. The highest BCUT2D eigenvalue weighted by Crippen LogP contribution is 2.38. The van der Waals surface area contributed by atoms with Crippen LogP contribution in [0.15, 0.2) is 42.2 Å². The van der Waals surface area contributed by atoms with Crippen molar-refractivity contribution >= 4 is 11.9 Å². The van der Waals surface area contributed by atoms with Crippen molar-refractivity contribution < 1.29 is 19.5 Å². The number of Topliss-reactive ketones (excluding diaryl/α,β-unsaturated/α-hetero) is 1. The van der Waals surface area contributed by atoms with Crippen LogP contribution < -0.4 is 14.7 Å². The van der Waals surface area contributed by atoms with Crippen LogP contribution in [0.3, 0.4) is 0 Å². The lowest BCUT2D eigenvalue weighted by Crippen LogP contribution is -3.08. The number of hydrogen-bond acceptors (Lipinski definition) is 3. The summed E-state index contributed by atoms with van der Waals surface area (Å²) in [5.41, 5.74) is 3.19. The van der Waals surface area contributed by atoms with Crippen LogP contribution in [0.25, 0.3) is 6.08 Å². The topological polar surface area (TPSA) is 53.8 Å². The van der Waals surface area contributed by atoms with E-state index in [1.807, 2.05) is 31.2 Å². The summed E-state index contributed by atoms with van der Waals surface area (Å²) in [7, 11) is 0. The van der Waals surface area contributed by atoms with Crippen molar-refractivity contribution in [2.75, 3.05) is 13.1 Å². The summed E-state index contributed by atoms with van der Waals surface area (Å²) in [4.78, 5) is 14.1. The summed E-state index contributed by atoms with van der Waals surface area (Å²) in [5, 5.41) is 12.4. The summed E-state index contributed by atoms with van der Waals surface area (Å²) < 4.78 is 5.88. The molecule has 128 valence electrons. The molecule has 2 aliphatic heterocycles. The van der Waals surface area contributed by atoms with Crippen molar-refractivity contribution in [1.29, 1.82) is 0 Å². The molecular formula is C21H21NO3. The molecule has 2 heterocycles. The van der Waals surface area contributed by atoms with E-state index in [4.69, 9.17) is 4.74 Å². The van der Waals surface area contributed by atoms with Gasteiger partial charge in [-0.2, -0.15) is 0 Å². The predicted molar refractivity (Wildman–Crippen MR) is 93.6 cm³/mol. The molecule has 0 bridgehead atoms. The number of carbonyl (C=O) groups excluding carboxylic acids is 1. The summed E-state index contributed by atoms with van der Waals surface area (Å²) in [6.45, 7) is 4.79. The first-order valence-corrected chi connectivity index (χ1v) is 8.79. The van der Waals surface area contributed by atoms with Gasteiger partial charge >= 0.3 is 0 Å². The maximum Gasteiger partial charge on any atom is 0.231 e. The zero-order valence-electron chi connectivity index (χ0n) is 14.3. The number of fused-ring (bicyclic) bond motifs is 1. The van der Waals surface area contributed by atoms with Crippen molar-refractivity contribution in [2.45, 2.75) is 26.3 Å². The molecule has 0 spiro atoms. The second kappa shape index (κ2) is 6.37. The normalized spacial score (nSPS) is 18.6. The summed E-state index contributed by atoms with van der Waals surface area (Å²) in [6, 6.07) is 11.0. The van der Waals surface area contributed by atoms with Crippen LogP contribution in [0.2, 0.25) is 0 Å². The van der Waals surface area contributed by atoms with Gasteiger partial charge in [-0.05, 0) is 24.6 Å². The minimum absolute atomic E-state index is 0.0391. The van der Waals surface area contributed by atoms with Gasteiger partial charge in [-0.1, -0.05) is 41.6 Å². The Morgan fingerprint density at radius 1 is 1.20 bits per heavy atom. The van der Waals surface area contributed by atoms with Gasteiger partial charge in [0, 0.05) is 18.4 Å². The molecule has 1 fully saturated rings. The van der Waals surface area contributed by atoms with E-state index >= 15 is 0 Å². The van der Waals surface area contributed by atoms with Gasteiger partial charge in [0.15, 0.2) is 5.76 Å². The van der Waals surface area contributed by atoms with Crippen molar-refractivity contribution in [3.8, 4) is 11.5 Å². The summed E-state index contributed by atoms with van der Waals surface area (Å²) >= 11 is 0. The third-order valence-electron chi connectivity index (χ3n) is 4.98. The van der Waals surface area contributed by atoms with E-state index in [-0.39, 0.29) is 11.5 Å². The van der Waals surface area contributed by atoms with Crippen LogP contribution in [0.4, 0.5) is 0 Å². The summed E-state index contributed by atoms with van der Waals surface area (Å²) in [5.74, 6) is 0.580. The van der Waals surface area contributed by atoms with Gasteiger partial charge in [-0.15, -0.1) is 0 Å². The lowest BCUT2D eigenvalue weighted by atomic mass is 10.0. The molecule has 2 aromatic rings. The average Bonchev–Trinajstić information content (AvgIpc) is 3.20. The van der Waals surface area contributed by atoms with Crippen LogP contribution in [-0.4, -0.2) is 18.9 Å². The Morgan fingerprint density at radius 2 is 2.00 bits per heavy atom. The standard InChI is InChI=1S/C21H21NO3/c1-14-5-4-6-15(11-14)12-19-20(24)16-7-8-18(23)17(21(16)25-19)13-22-9-2-3-10-22/h4-8,11-12,23H,2-3,9-10,13H2,1H3/b19-12-. The Bertz CT molecular complexity index is 863. The molecule has 25 heavy (non-hydrogen) atoms. The van der Waals surface area contributed by atoms with Gasteiger partial charge in [0.2, 0.25) is 5.78 Å². The monoisotopic (exact) mass is 335 g/mol. The minimum Gasteiger partial charge on any atom is -0.872 e. The number of quaternary nitrogens is 1. The molecule has 0 aromatic heterocycles. The highest BCUT2D eigenvalue weighted by atomic mass is 16.5. The summed E-state index contributed by atoms with van der Waals surface area (Å²) in [6.07, 6.45) is 4.14. The maximum atomic E-state index is 12.7. The molecule has 4 heteroatoms. The van der Waals surface area contributed by atoms with Gasteiger partial charge in [-0.3, -0.25) is 4.79 Å². The number of nitrogens with one attached hydrogen (secondary N) is 1. The molecule has 0 amide bonds. The lowest BCUT2D eigenvalue weighted by molar-refractivity contribution is -0.901. The average molecular weight is 335 g/mol. The third kappa shape index (κ3) is 3.05. The van der Waals surface area contributed by atoms with Gasteiger partial charge in [0.05, 0.1) is 18.7 Å². The van der Waals surface area contributed by atoms with Crippen LogP contribution in [0.1, 0.15) is 39.9 Å². The number of ketones is 1. The van der Waals surface area contributed by atoms with Crippen LogP contribution in [-0.2, 0) is 6.54 Å². The first-order chi connectivity index (χ1) is 12.1. The number of aryl methyl sites for hydroxylation is 1. The largest absolute Gasteiger partial charge is 0.872 e. The van der Waals surface area contributed by atoms with Gasteiger partial charge in [0.1, 0.15) is 12.3 Å². The smallest absolute Gasteiger partial charge is 0.231 e. The first kappa shape index (κ1) is 15.9. The minimum atomic E-state index is -0.144. The van der Waals surface area contributed by atoms with E-state index in [9.17, 15) is 9.90 Å². The number of benzene rings is 2. The highest BCUT2D eigenvalue weighted by molar-refractivity contribution is 6.14. The number of likely N-dealkylation sites (tertiary alicyclic amines) is 1. The molecule has 0 aliphatic carbocycles. The quantitative estimate of drug-likeness (QED) is 0.871. The fourth-order valence-electron chi connectivity index (χ4n) is 3.67. The van der Waals surface area contributed by atoms with Gasteiger partial charge in [-0.25, -0.2) is 0 Å².